The minimum Gasteiger partial charge on any atom is -0.386 e. The molecule has 0 bridgehead atoms. The van der Waals surface area contributed by atoms with Crippen molar-refractivity contribution in [3.05, 3.63) is 29.8 Å². The van der Waals surface area contributed by atoms with E-state index in [0.717, 1.165) is 6.26 Å². The number of hydrogen-bond acceptors (Lipinski definition) is 4. The second-order valence-corrected chi connectivity index (χ2v) is 6.53. The molecule has 2 unspecified atom stereocenters. The molecule has 20 heavy (non-hydrogen) atoms. The molecule has 0 heterocycles. The molecule has 5 nitrogen and oxygen atoms in total. The summed E-state index contributed by atoms with van der Waals surface area (Å²) in [6.45, 7) is -0.975. The van der Waals surface area contributed by atoms with Crippen LogP contribution in [0, 0.1) is 0 Å². The summed E-state index contributed by atoms with van der Waals surface area (Å²) < 4.78 is 35.4. The molecule has 112 valence electrons. The molecule has 0 aliphatic carbocycles. The number of amides is 1. The molecular weight excluding hydrogens is 309 g/mol. The number of rotatable bonds is 6. The Kier molecular flexibility index (Phi) is 5.91. The Morgan fingerprint density at radius 3 is 2.35 bits per heavy atom. The quantitative estimate of drug-likeness (QED) is 0.759. The molecule has 0 aliphatic rings. The van der Waals surface area contributed by atoms with Gasteiger partial charge in [-0.2, -0.15) is 0 Å². The van der Waals surface area contributed by atoms with Gasteiger partial charge in [0, 0.05) is 6.26 Å². The van der Waals surface area contributed by atoms with Crippen molar-refractivity contribution in [1.82, 2.24) is 5.32 Å². The number of nitrogens with one attached hydrogen (secondary N) is 1. The predicted octanol–water partition coefficient (Wildman–Crippen LogP) is 0.817. The van der Waals surface area contributed by atoms with E-state index >= 15 is 0 Å². The Morgan fingerprint density at radius 2 is 1.95 bits per heavy atom. The van der Waals surface area contributed by atoms with Crippen molar-refractivity contribution >= 4 is 27.3 Å². The van der Waals surface area contributed by atoms with Crippen LogP contribution in [0.4, 0.5) is 4.39 Å². The van der Waals surface area contributed by atoms with E-state index in [4.69, 9.17) is 11.6 Å². The van der Waals surface area contributed by atoms with E-state index in [1.807, 2.05) is 0 Å². The van der Waals surface area contributed by atoms with Crippen molar-refractivity contribution in [2.45, 2.75) is 17.0 Å². The summed E-state index contributed by atoms with van der Waals surface area (Å²) in [6.07, 6.45) is -0.232. The molecule has 1 amide bonds. The summed E-state index contributed by atoms with van der Waals surface area (Å²) in [5.74, 6) is -0.933. The minimum atomic E-state index is -3.34. The van der Waals surface area contributed by atoms with Crippen molar-refractivity contribution in [3.63, 3.8) is 0 Å². The largest absolute Gasteiger partial charge is 0.386 e. The molecule has 2 atom stereocenters. The number of alkyl halides is 2. The minimum absolute atomic E-state index is 0.0926. The molecule has 2 N–H and O–H groups in total. The number of carbonyl (C=O) groups excluding carboxylic acids is 1. The summed E-state index contributed by atoms with van der Waals surface area (Å²) in [4.78, 5) is 11.2. The average molecular weight is 324 g/mol. The van der Waals surface area contributed by atoms with Crippen LogP contribution in [-0.4, -0.2) is 44.3 Å². The van der Waals surface area contributed by atoms with Crippen LogP contribution in [0.3, 0.4) is 0 Å². The molecule has 0 aromatic heterocycles. The topological polar surface area (TPSA) is 83.5 Å². The van der Waals surface area contributed by atoms with Crippen LogP contribution in [0.25, 0.3) is 0 Å². The van der Waals surface area contributed by atoms with Gasteiger partial charge in [0.05, 0.1) is 10.9 Å². The fourth-order valence-corrected chi connectivity index (χ4v) is 2.30. The van der Waals surface area contributed by atoms with Gasteiger partial charge in [-0.05, 0) is 17.7 Å². The van der Waals surface area contributed by atoms with Crippen LogP contribution in [-0.2, 0) is 14.6 Å². The van der Waals surface area contributed by atoms with Crippen molar-refractivity contribution in [3.8, 4) is 0 Å². The molecule has 0 aliphatic heterocycles. The average Bonchev–Trinajstić information content (AvgIpc) is 2.42. The molecule has 0 spiro atoms. The lowest BCUT2D eigenvalue weighted by atomic mass is 10.0. The number of hydrogen-bond donors (Lipinski definition) is 2. The zero-order valence-electron chi connectivity index (χ0n) is 10.7. The van der Waals surface area contributed by atoms with Crippen LogP contribution in [0.5, 0.6) is 0 Å². The van der Waals surface area contributed by atoms with E-state index in [9.17, 15) is 22.7 Å². The number of halogens is 2. The highest BCUT2D eigenvalue weighted by Crippen LogP contribution is 2.19. The van der Waals surface area contributed by atoms with Gasteiger partial charge in [-0.3, -0.25) is 4.79 Å². The fourth-order valence-electron chi connectivity index (χ4n) is 1.59. The lowest BCUT2D eigenvalue weighted by Crippen LogP contribution is -2.41. The first-order valence-corrected chi connectivity index (χ1v) is 8.11. The maximum absolute atomic E-state index is 12.8. The van der Waals surface area contributed by atoms with Gasteiger partial charge >= 0.3 is 0 Å². The third kappa shape index (κ3) is 4.43. The molecule has 1 aromatic carbocycles. The maximum Gasteiger partial charge on any atom is 0.235 e. The highest BCUT2D eigenvalue weighted by molar-refractivity contribution is 7.90. The number of sulfone groups is 1. The maximum atomic E-state index is 12.8. The highest BCUT2D eigenvalue weighted by Gasteiger charge is 2.23. The van der Waals surface area contributed by atoms with Gasteiger partial charge in [0.1, 0.15) is 18.7 Å². The first-order chi connectivity index (χ1) is 9.29. The Bertz CT molecular complexity index is 561. The lowest BCUT2D eigenvalue weighted by molar-refractivity contribution is -0.120. The van der Waals surface area contributed by atoms with Gasteiger partial charge in [0.25, 0.3) is 0 Å². The third-order valence-electron chi connectivity index (χ3n) is 2.66. The van der Waals surface area contributed by atoms with E-state index in [1.165, 1.54) is 24.3 Å². The van der Waals surface area contributed by atoms with E-state index < -0.39 is 34.6 Å². The molecule has 0 saturated carbocycles. The molecular formula is C12H15ClFNO4S. The van der Waals surface area contributed by atoms with Crippen LogP contribution in [0.15, 0.2) is 29.2 Å². The summed E-state index contributed by atoms with van der Waals surface area (Å²) >= 11 is 5.29. The third-order valence-corrected chi connectivity index (χ3v) is 4.04. The molecule has 1 rings (SSSR count). The SMILES string of the molecule is CS(=O)(=O)c1ccc(C(O)C(CF)NC(=O)CCl)cc1. The van der Waals surface area contributed by atoms with Crippen LogP contribution in [0.2, 0.25) is 0 Å². The van der Waals surface area contributed by atoms with Gasteiger partial charge in [0.15, 0.2) is 9.84 Å². The van der Waals surface area contributed by atoms with Crippen molar-refractivity contribution in [2.75, 3.05) is 18.8 Å². The van der Waals surface area contributed by atoms with E-state index in [0.29, 0.717) is 5.56 Å². The second-order valence-electron chi connectivity index (χ2n) is 4.25. The molecule has 0 radical (unpaired) electrons. The Hall–Kier alpha value is -1.18. The molecule has 1 aromatic rings. The second kappa shape index (κ2) is 7.01. The van der Waals surface area contributed by atoms with Gasteiger partial charge in [-0.1, -0.05) is 12.1 Å². The van der Waals surface area contributed by atoms with Gasteiger partial charge in [-0.25, -0.2) is 12.8 Å². The van der Waals surface area contributed by atoms with Crippen LogP contribution in [0.1, 0.15) is 11.7 Å². The normalized spacial score (nSPS) is 14.6. The highest BCUT2D eigenvalue weighted by atomic mass is 35.5. The summed E-state index contributed by atoms with van der Waals surface area (Å²) in [5, 5.41) is 12.2. The molecule has 8 heteroatoms. The number of carbonyl (C=O) groups is 1. The first-order valence-electron chi connectivity index (χ1n) is 5.69. The van der Waals surface area contributed by atoms with Gasteiger partial charge in [0.2, 0.25) is 5.91 Å². The Morgan fingerprint density at radius 1 is 1.40 bits per heavy atom. The summed E-state index contributed by atoms with van der Waals surface area (Å²) in [6, 6.07) is 4.23. The van der Waals surface area contributed by atoms with Crippen LogP contribution < -0.4 is 5.32 Å². The van der Waals surface area contributed by atoms with Crippen molar-refractivity contribution < 1.29 is 22.7 Å². The van der Waals surface area contributed by atoms with E-state index in [1.54, 1.807) is 0 Å². The van der Waals surface area contributed by atoms with Gasteiger partial charge < -0.3 is 10.4 Å². The molecule has 0 saturated heterocycles. The lowest BCUT2D eigenvalue weighted by Gasteiger charge is -2.21. The van der Waals surface area contributed by atoms with Gasteiger partial charge in [-0.15, -0.1) is 11.6 Å². The van der Waals surface area contributed by atoms with Crippen LogP contribution >= 0.6 is 11.6 Å². The number of benzene rings is 1. The predicted molar refractivity (Wildman–Crippen MR) is 73.1 cm³/mol. The van der Waals surface area contributed by atoms with Crippen molar-refractivity contribution in [1.29, 1.82) is 0 Å². The monoisotopic (exact) mass is 323 g/mol. The number of aliphatic hydroxyl groups excluding tert-OH is 1. The zero-order chi connectivity index (χ0) is 15.3. The first kappa shape index (κ1) is 16.9. The Balaban J connectivity index is 2.90. The summed E-state index contributed by atoms with van der Waals surface area (Å²) in [5.41, 5.74) is 0.301. The Labute approximate surface area is 121 Å². The zero-order valence-corrected chi connectivity index (χ0v) is 12.3. The fraction of sp³-hybridized carbons (Fsp3) is 0.417. The smallest absolute Gasteiger partial charge is 0.235 e. The standard InChI is InChI=1S/C12H15ClFNO4S/c1-20(18,19)9-4-2-8(3-5-9)12(17)10(7-14)15-11(16)6-13/h2-5,10,12,17H,6-7H2,1H3,(H,15,16). The van der Waals surface area contributed by atoms with E-state index in [-0.39, 0.29) is 10.8 Å². The summed E-state index contributed by atoms with van der Waals surface area (Å²) in [7, 11) is -3.34. The molecule has 0 fully saturated rings. The number of aliphatic hydroxyl groups is 1. The van der Waals surface area contributed by atoms with E-state index in [2.05, 4.69) is 5.32 Å². The van der Waals surface area contributed by atoms with Crippen molar-refractivity contribution in [2.24, 2.45) is 0 Å².